The number of aromatic amines is 2. The summed E-state index contributed by atoms with van der Waals surface area (Å²) in [5.41, 5.74) is 8.11. The molecule has 0 fully saturated rings. The van der Waals surface area contributed by atoms with Gasteiger partial charge in [-0.3, -0.25) is 0 Å². The zero-order valence-corrected chi connectivity index (χ0v) is 18.3. The van der Waals surface area contributed by atoms with Crippen LogP contribution < -0.4 is 0 Å². The third-order valence-electron chi connectivity index (χ3n) is 6.61. The first kappa shape index (κ1) is 20.1. The van der Waals surface area contributed by atoms with Gasteiger partial charge in [-0.05, 0) is 66.8 Å². The van der Waals surface area contributed by atoms with Crippen molar-refractivity contribution in [1.29, 1.82) is 0 Å². The summed E-state index contributed by atoms with van der Waals surface area (Å²) >= 11 is 6.24. The number of hydrogen-bond acceptors (Lipinski definition) is 2. The second kappa shape index (κ2) is 9.11. The average molecular weight is 431 g/mol. The molecule has 0 radical (unpaired) electrons. The van der Waals surface area contributed by atoms with E-state index in [0.29, 0.717) is 11.8 Å². The van der Waals surface area contributed by atoms with Gasteiger partial charge < -0.3 is 9.97 Å². The minimum atomic E-state index is 0.435. The first-order valence-corrected chi connectivity index (χ1v) is 11.5. The largest absolute Gasteiger partial charge is 0.348 e. The van der Waals surface area contributed by atoms with Crippen LogP contribution in [0.3, 0.4) is 0 Å². The molecule has 0 saturated heterocycles. The summed E-state index contributed by atoms with van der Waals surface area (Å²) < 4.78 is 0. The zero-order chi connectivity index (χ0) is 21.0. The van der Waals surface area contributed by atoms with E-state index in [2.05, 4.69) is 50.3 Å². The predicted octanol–water partition coefficient (Wildman–Crippen LogP) is 6.41. The summed E-state index contributed by atoms with van der Waals surface area (Å²) in [4.78, 5) is 14.7. The zero-order valence-electron chi connectivity index (χ0n) is 17.5. The van der Waals surface area contributed by atoms with E-state index in [1.807, 2.05) is 24.5 Å². The predicted molar refractivity (Wildman–Crippen MR) is 125 cm³/mol. The Kier molecular flexibility index (Phi) is 5.90. The number of H-pyrrole nitrogens is 2. The van der Waals surface area contributed by atoms with Crippen molar-refractivity contribution in [1.82, 2.24) is 19.9 Å². The van der Waals surface area contributed by atoms with E-state index in [0.717, 1.165) is 11.4 Å². The van der Waals surface area contributed by atoms with Crippen LogP contribution in [0.2, 0.25) is 5.02 Å². The fourth-order valence-electron chi connectivity index (χ4n) is 5.12. The van der Waals surface area contributed by atoms with Gasteiger partial charge in [-0.1, -0.05) is 48.0 Å². The number of benzene rings is 2. The molecule has 2 atom stereocenters. The lowest BCUT2D eigenvalue weighted by atomic mass is 9.81. The van der Waals surface area contributed by atoms with Crippen molar-refractivity contribution in [2.24, 2.45) is 0 Å². The van der Waals surface area contributed by atoms with Gasteiger partial charge in [0, 0.05) is 40.6 Å². The number of imidazole rings is 2. The monoisotopic (exact) mass is 430 g/mol. The Morgan fingerprint density at radius 3 is 2.10 bits per heavy atom. The van der Waals surface area contributed by atoms with Gasteiger partial charge in [-0.25, -0.2) is 9.97 Å². The van der Waals surface area contributed by atoms with E-state index >= 15 is 0 Å². The average Bonchev–Trinajstić information content (AvgIpc) is 3.54. The summed E-state index contributed by atoms with van der Waals surface area (Å²) in [6.07, 6.45) is 14.6. The van der Waals surface area contributed by atoms with Crippen molar-refractivity contribution < 1.29 is 0 Å². The van der Waals surface area contributed by atoms with Gasteiger partial charge in [0.15, 0.2) is 0 Å². The Labute approximate surface area is 188 Å². The first-order chi connectivity index (χ1) is 15.3. The molecule has 4 nitrogen and oxygen atoms in total. The molecule has 158 valence electrons. The number of nitrogens with zero attached hydrogens (tertiary/aromatic N) is 2. The number of nitrogens with one attached hydrogen (secondary N) is 2. The van der Waals surface area contributed by atoms with Crippen LogP contribution in [0.1, 0.15) is 71.2 Å². The van der Waals surface area contributed by atoms with Crippen LogP contribution in [-0.2, 0) is 12.8 Å². The minimum Gasteiger partial charge on any atom is -0.348 e. The van der Waals surface area contributed by atoms with Crippen LogP contribution in [-0.4, -0.2) is 19.9 Å². The summed E-state index contributed by atoms with van der Waals surface area (Å²) in [6.45, 7) is 0. The number of aryl methyl sites for hydroxylation is 1. The quantitative estimate of drug-likeness (QED) is 0.386. The molecule has 2 heterocycles. The van der Waals surface area contributed by atoms with E-state index in [1.54, 1.807) is 12.7 Å². The van der Waals surface area contributed by atoms with Gasteiger partial charge >= 0.3 is 0 Å². The molecule has 0 amide bonds. The molecule has 0 spiro atoms. The third-order valence-corrected chi connectivity index (χ3v) is 6.96. The smallest absolute Gasteiger partial charge is 0.0921 e. The fraction of sp³-hybridized carbons (Fsp3) is 0.308. The molecule has 6 rings (SSSR count). The van der Waals surface area contributed by atoms with Gasteiger partial charge in [-0.2, -0.15) is 0 Å². The highest BCUT2D eigenvalue weighted by atomic mass is 35.5. The van der Waals surface area contributed by atoms with E-state index in [-0.39, 0.29) is 0 Å². The SMILES string of the molecule is Clc1cccc2c1CCCC2c1cnc[nH]1.c1ccc2c(c1)CCCC2c1cnc[nH]1. The molecule has 31 heavy (non-hydrogen) atoms. The maximum absolute atomic E-state index is 6.24. The maximum Gasteiger partial charge on any atom is 0.0921 e. The number of hydrogen-bond donors (Lipinski definition) is 2. The Morgan fingerprint density at radius 2 is 1.39 bits per heavy atom. The standard InChI is InChI=1S/C13H13ClN2.C13H14N2/c14-12-6-2-3-9-10(12)4-1-5-11(9)13-7-15-8-16-13;1-2-6-11-10(4-1)5-3-7-12(11)13-8-14-9-15-13/h2-3,6-8,11H,1,4-5H2,(H,15,16);1-2,4,6,8-9,12H,3,5,7H2,(H,14,15). The van der Waals surface area contributed by atoms with Crippen LogP contribution in [0, 0.1) is 0 Å². The molecule has 0 aliphatic heterocycles. The van der Waals surface area contributed by atoms with Crippen LogP contribution in [0.4, 0.5) is 0 Å². The second-order valence-electron chi connectivity index (χ2n) is 8.41. The summed E-state index contributed by atoms with van der Waals surface area (Å²) in [7, 11) is 0. The van der Waals surface area contributed by atoms with Crippen molar-refractivity contribution in [3.63, 3.8) is 0 Å². The summed E-state index contributed by atoms with van der Waals surface area (Å²) in [5, 5.41) is 0.904. The topological polar surface area (TPSA) is 57.4 Å². The second-order valence-corrected chi connectivity index (χ2v) is 8.82. The normalized spacial score (nSPS) is 19.6. The van der Waals surface area contributed by atoms with Crippen molar-refractivity contribution >= 4 is 11.6 Å². The minimum absolute atomic E-state index is 0.435. The van der Waals surface area contributed by atoms with Crippen LogP contribution in [0.15, 0.2) is 67.5 Å². The number of aromatic nitrogens is 4. The van der Waals surface area contributed by atoms with Gasteiger partial charge in [0.1, 0.15) is 0 Å². The lowest BCUT2D eigenvalue weighted by molar-refractivity contribution is 0.606. The lowest BCUT2D eigenvalue weighted by Crippen LogP contribution is -2.11. The number of halogens is 1. The highest BCUT2D eigenvalue weighted by Crippen LogP contribution is 2.38. The van der Waals surface area contributed by atoms with Gasteiger partial charge in [0.2, 0.25) is 0 Å². The number of fused-ring (bicyclic) bond motifs is 2. The molecule has 0 bridgehead atoms. The maximum atomic E-state index is 6.24. The molecule has 2 aliphatic carbocycles. The Morgan fingerprint density at radius 1 is 0.742 bits per heavy atom. The Bertz CT molecular complexity index is 1120. The van der Waals surface area contributed by atoms with Gasteiger partial charge in [-0.15, -0.1) is 0 Å². The molecule has 2 N–H and O–H groups in total. The summed E-state index contributed by atoms with van der Waals surface area (Å²) in [5.74, 6) is 0.961. The van der Waals surface area contributed by atoms with Crippen LogP contribution in [0.5, 0.6) is 0 Å². The molecule has 2 aromatic heterocycles. The van der Waals surface area contributed by atoms with E-state index in [1.165, 1.54) is 65.7 Å². The van der Waals surface area contributed by atoms with Gasteiger partial charge in [0.25, 0.3) is 0 Å². The van der Waals surface area contributed by atoms with Crippen LogP contribution in [0.25, 0.3) is 0 Å². The van der Waals surface area contributed by atoms with Crippen LogP contribution >= 0.6 is 11.6 Å². The molecule has 2 aliphatic rings. The molecular weight excluding hydrogens is 404 g/mol. The van der Waals surface area contributed by atoms with E-state index < -0.39 is 0 Å². The van der Waals surface area contributed by atoms with Crippen molar-refractivity contribution in [2.75, 3.05) is 0 Å². The fourth-order valence-corrected chi connectivity index (χ4v) is 5.39. The lowest BCUT2D eigenvalue weighted by Gasteiger charge is -2.25. The molecule has 4 aromatic rings. The third kappa shape index (κ3) is 4.17. The van der Waals surface area contributed by atoms with E-state index in [4.69, 9.17) is 11.6 Å². The molecule has 5 heteroatoms. The van der Waals surface area contributed by atoms with Crippen molar-refractivity contribution in [3.8, 4) is 0 Å². The van der Waals surface area contributed by atoms with E-state index in [9.17, 15) is 0 Å². The Balaban J connectivity index is 0.000000132. The molecular formula is C26H27ClN4. The molecule has 0 saturated carbocycles. The molecule has 2 unspecified atom stereocenters. The highest BCUT2D eigenvalue weighted by Gasteiger charge is 2.24. The summed E-state index contributed by atoms with van der Waals surface area (Å²) in [6, 6.07) is 15.0. The Hall–Kier alpha value is -2.85. The van der Waals surface area contributed by atoms with Crippen molar-refractivity contribution in [3.05, 3.63) is 106 Å². The van der Waals surface area contributed by atoms with Gasteiger partial charge in [0.05, 0.1) is 12.7 Å². The number of rotatable bonds is 2. The molecule has 2 aromatic carbocycles. The van der Waals surface area contributed by atoms with Crippen molar-refractivity contribution in [2.45, 2.75) is 50.4 Å². The highest BCUT2D eigenvalue weighted by molar-refractivity contribution is 6.31. The first-order valence-electron chi connectivity index (χ1n) is 11.1.